The van der Waals surface area contributed by atoms with E-state index in [0.29, 0.717) is 26.3 Å². The molecule has 2 aromatic carbocycles. The average molecular weight is 429 g/mol. The molecule has 1 saturated heterocycles. The second kappa shape index (κ2) is 8.34. The van der Waals surface area contributed by atoms with Crippen molar-refractivity contribution < 1.29 is 27.1 Å². The van der Waals surface area contributed by atoms with Crippen molar-refractivity contribution in [1.29, 1.82) is 0 Å². The fourth-order valence-corrected chi connectivity index (χ4v) is 3.99. The Bertz CT molecular complexity index is 993. The van der Waals surface area contributed by atoms with Crippen molar-refractivity contribution in [3.8, 4) is 5.75 Å². The molecule has 0 aromatic heterocycles. The van der Waals surface area contributed by atoms with Crippen LogP contribution in [0.5, 0.6) is 5.75 Å². The summed E-state index contributed by atoms with van der Waals surface area (Å²) < 4.78 is 51.5. The largest absolute Gasteiger partial charge is 0.496 e. The smallest absolute Gasteiger partial charge is 0.261 e. The van der Waals surface area contributed by atoms with E-state index >= 15 is 0 Å². The van der Waals surface area contributed by atoms with Crippen LogP contribution in [0.25, 0.3) is 0 Å². The summed E-state index contributed by atoms with van der Waals surface area (Å²) in [6.07, 6.45) is 0. The van der Waals surface area contributed by atoms with Gasteiger partial charge in [-0.05, 0) is 36.4 Å². The summed E-state index contributed by atoms with van der Waals surface area (Å²) in [5.74, 6) is -0.741. The van der Waals surface area contributed by atoms with Gasteiger partial charge in [0.05, 0.1) is 41.5 Å². The molecule has 10 heteroatoms. The van der Waals surface area contributed by atoms with Crippen LogP contribution in [0.3, 0.4) is 0 Å². The number of hydrogen-bond acceptors (Lipinski definition) is 5. The summed E-state index contributed by atoms with van der Waals surface area (Å²) in [6, 6.07) is 7.47. The molecule has 1 amide bonds. The molecule has 0 unspecified atom stereocenters. The van der Waals surface area contributed by atoms with Crippen molar-refractivity contribution in [2.45, 2.75) is 4.90 Å². The Labute approximate surface area is 167 Å². The van der Waals surface area contributed by atoms with E-state index in [-0.39, 0.29) is 32.8 Å². The molecule has 0 bridgehead atoms. The SMILES string of the molecule is COc1ccc(S(=O)(=O)Nc2ccc(F)c(Cl)c2)cc1C(=O)N1CCOCC1. The van der Waals surface area contributed by atoms with Crippen molar-refractivity contribution in [2.75, 3.05) is 38.1 Å². The minimum atomic E-state index is -4.04. The lowest BCUT2D eigenvalue weighted by Crippen LogP contribution is -2.40. The zero-order valence-corrected chi connectivity index (χ0v) is 16.5. The fourth-order valence-electron chi connectivity index (χ4n) is 2.73. The van der Waals surface area contributed by atoms with Gasteiger partial charge in [-0.1, -0.05) is 11.6 Å². The van der Waals surface area contributed by atoms with Crippen LogP contribution in [0.15, 0.2) is 41.3 Å². The van der Waals surface area contributed by atoms with Gasteiger partial charge in [-0.2, -0.15) is 0 Å². The van der Waals surface area contributed by atoms with Gasteiger partial charge in [0.1, 0.15) is 11.6 Å². The first-order chi connectivity index (χ1) is 13.3. The van der Waals surface area contributed by atoms with Gasteiger partial charge in [0.25, 0.3) is 15.9 Å². The van der Waals surface area contributed by atoms with Gasteiger partial charge in [-0.15, -0.1) is 0 Å². The van der Waals surface area contributed by atoms with E-state index < -0.39 is 15.8 Å². The summed E-state index contributed by atoms with van der Waals surface area (Å²) in [4.78, 5) is 14.3. The molecule has 1 N–H and O–H groups in total. The molecule has 1 aliphatic heterocycles. The highest BCUT2D eigenvalue weighted by Gasteiger charge is 2.25. The Hall–Kier alpha value is -2.36. The molecule has 0 aliphatic carbocycles. The Morgan fingerprint density at radius 3 is 2.57 bits per heavy atom. The van der Waals surface area contributed by atoms with Crippen LogP contribution < -0.4 is 9.46 Å². The second-order valence-corrected chi connectivity index (χ2v) is 8.09. The third-order valence-corrected chi connectivity index (χ3v) is 5.85. The van der Waals surface area contributed by atoms with E-state index in [1.807, 2.05) is 0 Å². The number of nitrogens with zero attached hydrogens (tertiary/aromatic N) is 1. The summed E-state index contributed by atoms with van der Waals surface area (Å²) in [5, 5.41) is -0.210. The third kappa shape index (κ3) is 4.37. The zero-order chi connectivity index (χ0) is 20.3. The van der Waals surface area contributed by atoms with Crippen molar-refractivity contribution in [1.82, 2.24) is 4.90 Å². The van der Waals surface area contributed by atoms with Gasteiger partial charge in [-0.3, -0.25) is 9.52 Å². The lowest BCUT2D eigenvalue weighted by Gasteiger charge is -2.27. The molecule has 1 aliphatic rings. The number of hydrogen-bond donors (Lipinski definition) is 1. The molecule has 1 fully saturated rings. The molecule has 1 heterocycles. The zero-order valence-electron chi connectivity index (χ0n) is 14.9. The van der Waals surface area contributed by atoms with Crippen LogP contribution in [-0.4, -0.2) is 52.6 Å². The molecule has 0 spiro atoms. The number of rotatable bonds is 5. The first-order valence-electron chi connectivity index (χ1n) is 8.35. The van der Waals surface area contributed by atoms with Gasteiger partial charge >= 0.3 is 0 Å². The normalized spacial score (nSPS) is 14.6. The Balaban J connectivity index is 1.92. The van der Waals surface area contributed by atoms with E-state index in [4.69, 9.17) is 21.1 Å². The lowest BCUT2D eigenvalue weighted by atomic mass is 10.1. The highest BCUT2D eigenvalue weighted by atomic mass is 35.5. The second-order valence-electron chi connectivity index (χ2n) is 6.00. The highest BCUT2D eigenvalue weighted by molar-refractivity contribution is 7.92. The summed E-state index contributed by atoms with van der Waals surface area (Å²) in [5.41, 5.74) is 0.229. The lowest BCUT2D eigenvalue weighted by molar-refractivity contribution is 0.0300. The number of carbonyl (C=O) groups excluding carboxylic acids is 1. The molecular formula is C18H18ClFN2O5S. The number of amides is 1. The van der Waals surface area contributed by atoms with Gasteiger partial charge in [0.15, 0.2) is 0 Å². The number of sulfonamides is 1. The molecular weight excluding hydrogens is 411 g/mol. The number of nitrogens with one attached hydrogen (secondary N) is 1. The van der Waals surface area contributed by atoms with Crippen LogP contribution in [0.1, 0.15) is 10.4 Å². The maximum Gasteiger partial charge on any atom is 0.261 e. The van der Waals surface area contributed by atoms with Gasteiger partial charge < -0.3 is 14.4 Å². The Morgan fingerprint density at radius 2 is 1.93 bits per heavy atom. The van der Waals surface area contributed by atoms with Crippen molar-refractivity contribution in [3.05, 3.63) is 52.8 Å². The number of halogens is 2. The number of benzene rings is 2. The average Bonchev–Trinajstić information content (AvgIpc) is 2.70. The molecule has 2 aromatic rings. The molecule has 150 valence electrons. The minimum absolute atomic E-state index is 0.100. The van der Waals surface area contributed by atoms with Crippen molar-refractivity contribution in [2.24, 2.45) is 0 Å². The third-order valence-electron chi connectivity index (χ3n) is 4.18. The predicted molar refractivity (Wildman–Crippen MR) is 102 cm³/mol. The summed E-state index contributed by atoms with van der Waals surface area (Å²) in [6.45, 7) is 1.65. The molecule has 28 heavy (non-hydrogen) atoms. The number of morpholine rings is 1. The minimum Gasteiger partial charge on any atom is -0.496 e. The quantitative estimate of drug-likeness (QED) is 0.791. The number of ether oxygens (including phenoxy) is 2. The molecule has 0 radical (unpaired) electrons. The van der Waals surface area contributed by atoms with Crippen LogP contribution in [0, 0.1) is 5.82 Å². The van der Waals surface area contributed by atoms with Crippen molar-refractivity contribution >= 4 is 33.2 Å². The van der Waals surface area contributed by atoms with E-state index in [2.05, 4.69) is 4.72 Å². The topological polar surface area (TPSA) is 84.9 Å². The van der Waals surface area contributed by atoms with E-state index in [1.54, 1.807) is 4.90 Å². The van der Waals surface area contributed by atoms with Crippen LogP contribution >= 0.6 is 11.6 Å². The predicted octanol–water partition coefficient (Wildman–Crippen LogP) is 2.76. The molecule has 3 rings (SSSR count). The summed E-state index contributed by atoms with van der Waals surface area (Å²) in [7, 11) is -2.64. The maximum atomic E-state index is 13.3. The van der Waals surface area contributed by atoms with Crippen LogP contribution in [0.2, 0.25) is 5.02 Å². The first-order valence-corrected chi connectivity index (χ1v) is 10.2. The van der Waals surface area contributed by atoms with E-state index in [9.17, 15) is 17.6 Å². The maximum absolute atomic E-state index is 13.3. The number of anilines is 1. The van der Waals surface area contributed by atoms with Gasteiger partial charge in [0, 0.05) is 13.1 Å². The molecule has 0 saturated carbocycles. The van der Waals surface area contributed by atoms with E-state index in [0.717, 1.165) is 12.1 Å². The van der Waals surface area contributed by atoms with Gasteiger partial charge in [0.2, 0.25) is 0 Å². The van der Waals surface area contributed by atoms with Crippen LogP contribution in [-0.2, 0) is 14.8 Å². The molecule has 0 atom stereocenters. The van der Waals surface area contributed by atoms with Gasteiger partial charge in [-0.25, -0.2) is 12.8 Å². The fraction of sp³-hybridized carbons (Fsp3) is 0.278. The van der Waals surface area contributed by atoms with E-state index in [1.165, 1.54) is 31.4 Å². The molecule has 7 nitrogen and oxygen atoms in total. The Kier molecular flexibility index (Phi) is 6.07. The number of carbonyl (C=O) groups is 1. The monoisotopic (exact) mass is 428 g/mol. The van der Waals surface area contributed by atoms with Crippen molar-refractivity contribution in [3.63, 3.8) is 0 Å². The standard InChI is InChI=1S/C18H18ClFN2O5S/c1-26-17-5-3-13(11-14(17)18(23)22-6-8-27-9-7-22)28(24,25)21-12-2-4-16(20)15(19)10-12/h2-5,10-11,21H,6-9H2,1H3. The highest BCUT2D eigenvalue weighted by Crippen LogP contribution is 2.27. The van der Waals surface area contributed by atoms with Crippen LogP contribution in [0.4, 0.5) is 10.1 Å². The Morgan fingerprint density at radius 1 is 1.21 bits per heavy atom. The number of methoxy groups -OCH3 is 1. The first kappa shape index (κ1) is 20.4. The summed E-state index contributed by atoms with van der Waals surface area (Å²) >= 11 is 5.69.